The summed E-state index contributed by atoms with van der Waals surface area (Å²) in [7, 11) is 0. The molecule has 1 fully saturated rings. The lowest BCUT2D eigenvalue weighted by Crippen LogP contribution is -2.51. The summed E-state index contributed by atoms with van der Waals surface area (Å²) in [5.41, 5.74) is -0.307. The van der Waals surface area contributed by atoms with Crippen LogP contribution in [0.2, 0.25) is 0 Å². The van der Waals surface area contributed by atoms with E-state index in [2.05, 4.69) is 24.5 Å². The molecule has 11 nitrogen and oxygen atoms in total. The van der Waals surface area contributed by atoms with Crippen LogP contribution in [0.3, 0.4) is 0 Å². The van der Waals surface area contributed by atoms with Gasteiger partial charge in [0, 0.05) is 51.0 Å². The highest BCUT2D eigenvalue weighted by Crippen LogP contribution is 2.18. The first-order valence-electron chi connectivity index (χ1n) is 16.1. The fourth-order valence-corrected chi connectivity index (χ4v) is 5.55. The van der Waals surface area contributed by atoms with E-state index in [1.165, 1.54) is 28.7 Å². The zero-order chi connectivity index (χ0) is 32.6. The molecule has 244 valence electrons. The lowest BCUT2D eigenvalue weighted by Gasteiger charge is -2.25. The molecule has 2 N–H and O–H groups in total. The molecule has 3 amide bonds. The van der Waals surface area contributed by atoms with Gasteiger partial charge in [0.1, 0.15) is 6.04 Å². The van der Waals surface area contributed by atoms with Crippen LogP contribution in [0.25, 0.3) is 0 Å². The Morgan fingerprint density at radius 2 is 1.73 bits per heavy atom. The zero-order valence-electron chi connectivity index (χ0n) is 26.8. The van der Waals surface area contributed by atoms with E-state index in [9.17, 15) is 33.6 Å². The van der Waals surface area contributed by atoms with Crippen molar-refractivity contribution in [3.63, 3.8) is 0 Å². The Bertz CT molecular complexity index is 1220. The van der Waals surface area contributed by atoms with Crippen molar-refractivity contribution in [3.8, 4) is 0 Å². The number of hydrogen-bond acceptors (Lipinski definition) is 7. The van der Waals surface area contributed by atoms with Crippen molar-refractivity contribution in [2.45, 2.75) is 123 Å². The molecule has 0 radical (unpaired) electrons. The quantitative estimate of drug-likeness (QED) is 0.169. The van der Waals surface area contributed by atoms with E-state index in [4.69, 9.17) is 0 Å². The average Bonchev–Trinajstić information content (AvgIpc) is 3.50. The molecular weight excluding hydrogens is 564 g/mol. The number of nitrogens with one attached hydrogen (secondary N) is 2. The van der Waals surface area contributed by atoms with Gasteiger partial charge in [0.25, 0.3) is 11.5 Å². The molecule has 0 bridgehead atoms. The van der Waals surface area contributed by atoms with Crippen LogP contribution in [0.1, 0.15) is 104 Å². The molecule has 44 heavy (non-hydrogen) atoms. The van der Waals surface area contributed by atoms with Gasteiger partial charge >= 0.3 is 0 Å². The second kappa shape index (κ2) is 18.9. The average molecular weight is 615 g/mol. The van der Waals surface area contributed by atoms with Crippen molar-refractivity contribution in [2.75, 3.05) is 13.1 Å². The van der Waals surface area contributed by atoms with E-state index in [0.29, 0.717) is 38.3 Å². The molecule has 0 aromatic carbocycles. The molecule has 0 spiro atoms. The molecule has 0 saturated carbocycles. The second-order valence-electron chi connectivity index (χ2n) is 11.7. The van der Waals surface area contributed by atoms with Gasteiger partial charge in [-0.15, -0.1) is 0 Å². The highest BCUT2D eigenvalue weighted by atomic mass is 16.2. The summed E-state index contributed by atoms with van der Waals surface area (Å²) in [4.78, 5) is 90.7. The Kier molecular flexibility index (Phi) is 15.7. The van der Waals surface area contributed by atoms with Gasteiger partial charge < -0.3 is 20.1 Å². The van der Waals surface area contributed by atoms with Crippen LogP contribution in [-0.4, -0.2) is 69.7 Å². The highest BCUT2D eigenvalue weighted by molar-refractivity contribution is 6.36. The molecule has 1 saturated heterocycles. The Morgan fingerprint density at radius 3 is 2.39 bits per heavy atom. The Labute approximate surface area is 260 Å². The van der Waals surface area contributed by atoms with Gasteiger partial charge in [0.2, 0.25) is 17.6 Å². The zero-order valence-corrected chi connectivity index (χ0v) is 26.8. The largest absolute Gasteiger partial charge is 0.350 e. The normalized spacial score (nSPS) is 15.2. The van der Waals surface area contributed by atoms with Crippen molar-refractivity contribution in [1.29, 1.82) is 0 Å². The van der Waals surface area contributed by atoms with Crippen molar-refractivity contribution in [1.82, 2.24) is 20.1 Å². The van der Waals surface area contributed by atoms with Gasteiger partial charge in [-0.2, -0.15) is 0 Å². The maximum atomic E-state index is 13.5. The molecule has 1 aliphatic rings. The van der Waals surface area contributed by atoms with Crippen LogP contribution in [-0.2, 0) is 41.7 Å². The Morgan fingerprint density at radius 1 is 1.00 bits per heavy atom. The summed E-state index contributed by atoms with van der Waals surface area (Å²) >= 11 is 0. The lowest BCUT2D eigenvalue weighted by molar-refractivity contribution is -0.139. The second-order valence-corrected chi connectivity index (χ2v) is 11.7. The number of amides is 3. The maximum Gasteiger partial charge on any atom is 0.287 e. The Hall–Kier alpha value is -3.63. The van der Waals surface area contributed by atoms with Crippen molar-refractivity contribution in [3.05, 3.63) is 34.2 Å². The molecule has 0 aliphatic carbocycles. The van der Waals surface area contributed by atoms with E-state index in [-0.39, 0.29) is 43.1 Å². The fraction of sp³-hybridized carbons (Fsp3) is 0.667. The first-order chi connectivity index (χ1) is 21.0. The number of pyridine rings is 1. The summed E-state index contributed by atoms with van der Waals surface area (Å²) < 4.78 is 1.29. The van der Waals surface area contributed by atoms with Gasteiger partial charge in [-0.1, -0.05) is 52.5 Å². The molecule has 1 aromatic rings. The van der Waals surface area contributed by atoms with Crippen LogP contribution in [0, 0.1) is 5.92 Å². The minimum atomic E-state index is -1.15. The number of hydrogen-bond donors (Lipinski definition) is 2. The maximum absolute atomic E-state index is 13.5. The van der Waals surface area contributed by atoms with Crippen molar-refractivity contribution in [2.24, 2.45) is 5.92 Å². The number of aromatic nitrogens is 1. The lowest BCUT2D eigenvalue weighted by atomic mass is 9.96. The van der Waals surface area contributed by atoms with Gasteiger partial charge in [-0.3, -0.25) is 33.6 Å². The molecule has 2 heterocycles. The fourth-order valence-electron chi connectivity index (χ4n) is 5.55. The van der Waals surface area contributed by atoms with Crippen LogP contribution in [0.5, 0.6) is 0 Å². The number of likely N-dealkylation sites (tertiary alicyclic amines) is 1. The minimum absolute atomic E-state index is 0.0642. The van der Waals surface area contributed by atoms with E-state index >= 15 is 0 Å². The summed E-state index contributed by atoms with van der Waals surface area (Å²) in [5.74, 6) is -2.31. The molecule has 1 aromatic heterocycles. The number of ketones is 3. The standard InChI is InChI=1S/C33H50N4O7/c1-5-8-9-18-34-32(43)29(40)17-16-27(35-31(42)28-13-11-20-37(28)23(4)38)30(41)21-25-12-10-19-36(33(25)44)22-26(39)15-14-24(6-2)7-3/h10,12,19,24,27-28H,5-9,11,13-18,20-22H2,1-4H3,(H,34,43)(H,35,42)/t27-,28-/m0/s1. The van der Waals surface area contributed by atoms with Crippen LogP contribution in [0.15, 0.2) is 23.1 Å². The number of nitrogens with zero attached hydrogens (tertiary/aromatic N) is 2. The van der Waals surface area contributed by atoms with E-state index in [1.54, 1.807) is 6.07 Å². The number of Topliss-reactive ketones (excluding diaryl/α,β-unsaturated/α-hetero) is 3. The third-order valence-corrected chi connectivity index (χ3v) is 8.44. The number of unbranched alkanes of at least 4 members (excludes halogenated alkanes) is 2. The van der Waals surface area contributed by atoms with Crippen LogP contribution < -0.4 is 16.2 Å². The monoisotopic (exact) mass is 614 g/mol. The summed E-state index contributed by atoms with van der Waals surface area (Å²) in [6.45, 7) is 8.30. The Balaban J connectivity index is 2.15. The molecule has 2 atom stereocenters. The molecular formula is C33H50N4O7. The third-order valence-electron chi connectivity index (χ3n) is 8.44. The summed E-state index contributed by atoms with van der Waals surface area (Å²) in [6, 6.07) is 1.22. The van der Waals surface area contributed by atoms with Crippen molar-refractivity contribution < 1.29 is 28.8 Å². The van der Waals surface area contributed by atoms with Crippen LogP contribution >= 0.6 is 0 Å². The van der Waals surface area contributed by atoms with Gasteiger partial charge in [-0.25, -0.2) is 0 Å². The van der Waals surface area contributed by atoms with Gasteiger partial charge in [-0.05, 0) is 44.1 Å². The van der Waals surface area contributed by atoms with Crippen molar-refractivity contribution >= 4 is 35.1 Å². The number of carbonyl (C=O) groups is 6. The van der Waals surface area contributed by atoms with Gasteiger partial charge in [0.05, 0.1) is 12.6 Å². The van der Waals surface area contributed by atoms with E-state index in [0.717, 1.165) is 38.5 Å². The van der Waals surface area contributed by atoms with Gasteiger partial charge in [0.15, 0.2) is 11.6 Å². The predicted octanol–water partition coefficient (Wildman–Crippen LogP) is 2.90. The number of carbonyl (C=O) groups excluding carboxylic acids is 6. The van der Waals surface area contributed by atoms with E-state index in [1.807, 2.05) is 6.92 Å². The molecule has 2 rings (SSSR count). The van der Waals surface area contributed by atoms with E-state index < -0.39 is 41.0 Å². The third kappa shape index (κ3) is 11.5. The predicted molar refractivity (Wildman–Crippen MR) is 167 cm³/mol. The highest BCUT2D eigenvalue weighted by Gasteiger charge is 2.35. The first kappa shape index (κ1) is 36.6. The topological polar surface area (TPSA) is 152 Å². The summed E-state index contributed by atoms with van der Waals surface area (Å²) in [6.07, 6.45) is 7.61. The smallest absolute Gasteiger partial charge is 0.287 e. The molecule has 1 aliphatic heterocycles. The molecule has 11 heteroatoms. The SMILES string of the molecule is CCCCCNC(=O)C(=O)CC[C@H](NC(=O)[C@@H]1CCCN1C(C)=O)C(=O)Cc1cccn(CC(=O)CCC(CC)CC)c1=O. The summed E-state index contributed by atoms with van der Waals surface area (Å²) in [5, 5.41) is 5.28. The minimum Gasteiger partial charge on any atom is -0.350 e. The number of rotatable bonds is 20. The van der Waals surface area contributed by atoms with Crippen LogP contribution in [0.4, 0.5) is 0 Å². The first-order valence-corrected chi connectivity index (χ1v) is 16.1. The molecule has 0 unspecified atom stereocenters.